The number of hydrogen-bond donors (Lipinski definition) is 1. The van der Waals surface area contributed by atoms with E-state index in [1.54, 1.807) is 0 Å². The first-order valence-corrected chi connectivity index (χ1v) is 6.74. The van der Waals surface area contributed by atoms with Gasteiger partial charge in [0, 0.05) is 16.6 Å². The van der Waals surface area contributed by atoms with Crippen molar-refractivity contribution in [3.8, 4) is 11.4 Å². The maximum absolute atomic E-state index is 5.24. The molecule has 0 aliphatic rings. The summed E-state index contributed by atoms with van der Waals surface area (Å²) in [5, 5.41) is 7.17. The number of halogens is 1. The van der Waals surface area contributed by atoms with E-state index >= 15 is 0 Å². The quantitative estimate of drug-likeness (QED) is 0.866. The molecule has 0 saturated heterocycles. The molecule has 1 N–H and O–H groups in total. The lowest BCUT2D eigenvalue weighted by molar-refractivity contribution is 0.675. The number of rotatable bonds is 3. The molecule has 1 aromatic heterocycles. The molecular formula is C12H14BrN3S. The Balaban J connectivity index is 2.56. The van der Waals surface area contributed by atoms with Gasteiger partial charge in [-0.1, -0.05) is 22.9 Å². The van der Waals surface area contributed by atoms with E-state index in [9.17, 15) is 0 Å². The van der Waals surface area contributed by atoms with Crippen molar-refractivity contribution in [3.63, 3.8) is 0 Å². The maximum Gasteiger partial charge on any atom is 0.195 e. The topological polar surface area (TPSA) is 33.6 Å². The SMILES string of the molecule is CCCn1c(-c2cc(C)cc(Br)c2)n[nH]c1=S. The van der Waals surface area contributed by atoms with Crippen molar-refractivity contribution < 1.29 is 0 Å². The summed E-state index contributed by atoms with van der Waals surface area (Å²) < 4.78 is 3.78. The third-order valence-corrected chi connectivity index (χ3v) is 3.28. The molecule has 2 aromatic rings. The van der Waals surface area contributed by atoms with Crippen LogP contribution in [0, 0.1) is 11.7 Å². The molecular weight excluding hydrogens is 298 g/mol. The first-order chi connectivity index (χ1) is 8.11. The first-order valence-electron chi connectivity index (χ1n) is 5.54. The molecule has 0 spiro atoms. The molecule has 1 heterocycles. The molecule has 2 rings (SSSR count). The monoisotopic (exact) mass is 311 g/mol. The highest BCUT2D eigenvalue weighted by Gasteiger charge is 2.09. The lowest BCUT2D eigenvalue weighted by Gasteiger charge is -2.06. The van der Waals surface area contributed by atoms with Crippen molar-refractivity contribution >= 4 is 28.1 Å². The summed E-state index contributed by atoms with van der Waals surface area (Å²) in [6, 6.07) is 6.25. The van der Waals surface area contributed by atoms with Crippen molar-refractivity contribution in [1.82, 2.24) is 14.8 Å². The van der Waals surface area contributed by atoms with Crippen LogP contribution in [-0.4, -0.2) is 14.8 Å². The summed E-state index contributed by atoms with van der Waals surface area (Å²) >= 11 is 8.74. The number of hydrogen-bond acceptors (Lipinski definition) is 2. The fourth-order valence-corrected chi connectivity index (χ4v) is 2.67. The van der Waals surface area contributed by atoms with E-state index in [2.05, 4.69) is 58.2 Å². The van der Waals surface area contributed by atoms with E-state index in [4.69, 9.17) is 12.2 Å². The van der Waals surface area contributed by atoms with Crippen LogP contribution in [0.3, 0.4) is 0 Å². The average molecular weight is 312 g/mol. The van der Waals surface area contributed by atoms with Crippen molar-refractivity contribution in [3.05, 3.63) is 33.0 Å². The predicted octanol–water partition coefficient (Wildman–Crippen LogP) is 4.09. The number of nitrogens with zero attached hydrogens (tertiary/aromatic N) is 2. The highest BCUT2D eigenvalue weighted by Crippen LogP contribution is 2.23. The van der Waals surface area contributed by atoms with Crippen molar-refractivity contribution in [2.75, 3.05) is 0 Å². The number of benzene rings is 1. The van der Waals surface area contributed by atoms with Crippen molar-refractivity contribution in [2.45, 2.75) is 26.8 Å². The smallest absolute Gasteiger partial charge is 0.195 e. The molecule has 0 aliphatic heterocycles. The largest absolute Gasteiger partial charge is 0.300 e. The normalized spacial score (nSPS) is 10.8. The van der Waals surface area contributed by atoms with Gasteiger partial charge in [-0.15, -0.1) is 0 Å². The van der Waals surface area contributed by atoms with Crippen LogP contribution in [0.2, 0.25) is 0 Å². The third-order valence-electron chi connectivity index (χ3n) is 2.51. The minimum absolute atomic E-state index is 0.680. The Labute approximate surface area is 114 Å². The zero-order valence-corrected chi connectivity index (χ0v) is 12.2. The van der Waals surface area contributed by atoms with E-state index in [-0.39, 0.29) is 0 Å². The summed E-state index contributed by atoms with van der Waals surface area (Å²) in [6.07, 6.45) is 1.04. The molecule has 0 amide bonds. The van der Waals surface area contributed by atoms with Crippen LogP contribution >= 0.6 is 28.1 Å². The Bertz CT molecular complexity index is 565. The molecule has 0 fully saturated rings. The number of aromatic nitrogens is 3. The zero-order chi connectivity index (χ0) is 12.4. The second-order valence-electron chi connectivity index (χ2n) is 4.02. The van der Waals surface area contributed by atoms with Crippen LogP contribution in [0.5, 0.6) is 0 Å². The van der Waals surface area contributed by atoms with Gasteiger partial charge in [0.2, 0.25) is 0 Å². The van der Waals surface area contributed by atoms with Gasteiger partial charge in [-0.25, -0.2) is 0 Å². The molecule has 0 bridgehead atoms. The molecule has 1 aromatic carbocycles. The lowest BCUT2D eigenvalue weighted by Crippen LogP contribution is -2.00. The van der Waals surface area contributed by atoms with Crippen LogP contribution in [0.4, 0.5) is 0 Å². The Morgan fingerprint density at radius 1 is 1.41 bits per heavy atom. The van der Waals surface area contributed by atoms with Crippen molar-refractivity contribution in [2.24, 2.45) is 0 Å². The summed E-state index contributed by atoms with van der Waals surface area (Å²) in [5.74, 6) is 0.904. The average Bonchev–Trinajstić information content (AvgIpc) is 2.60. The Kier molecular flexibility index (Phi) is 3.79. The molecule has 0 unspecified atom stereocenters. The highest BCUT2D eigenvalue weighted by atomic mass is 79.9. The predicted molar refractivity (Wildman–Crippen MR) is 75.6 cm³/mol. The maximum atomic E-state index is 5.24. The summed E-state index contributed by atoms with van der Waals surface area (Å²) in [7, 11) is 0. The van der Waals surface area contributed by atoms with Crippen LogP contribution < -0.4 is 0 Å². The van der Waals surface area contributed by atoms with E-state index in [0.29, 0.717) is 4.77 Å². The Morgan fingerprint density at radius 3 is 2.82 bits per heavy atom. The molecule has 0 atom stereocenters. The number of H-pyrrole nitrogens is 1. The standard InChI is InChI=1S/C12H14BrN3S/c1-3-4-16-11(14-15-12(16)17)9-5-8(2)6-10(13)7-9/h5-7H,3-4H2,1-2H3,(H,15,17). The lowest BCUT2D eigenvalue weighted by atomic mass is 10.1. The van der Waals surface area contributed by atoms with Gasteiger partial charge in [0.05, 0.1) is 0 Å². The second kappa shape index (κ2) is 5.14. The van der Waals surface area contributed by atoms with Crippen LogP contribution in [0.1, 0.15) is 18.9 Å². The van der Waals surface area contributed by atoms with Gasteiger partial charge in [-0.2, -0.15) is 5.10 Å². The summed E-state index contributed by atoms with van der Waals surface area (Å²) in [4.78, 5) is 0. The molecule has 5 heteroatoms. The van der Waals surface area contributed by atoms with Gasteiger partial charge in [0.15, 0.2) is 10.6 Å². The van der Waals surface area contributed by atoms with Gasteiger partial charge < -0.3 is 4.57 Å². The molecule has 0 aliphatic carbocycles. The molecule has 0 saturated carbocycles. The fourth-order valence-electron chi connectivity index (χ4n) is 1.83. The summed E-state index contributed by atoms with van der Waals surface area (Å²) in [5.41, 5.74) is 2.28. The van der Waals surface area contributed by atoms with E-state index in [0.717, 1.165) is 28.8 Å². The Hall–Kier alpha value is -0.940. The van der Waals surface area contributed by atoms with Gasteiger partial charge in [-0.3, -0.25) is 5.10 Å². The summed E-state index contributed by atoms with van der Waals surface area (Å²) in [6.45, 7) is 5.08. The van der Waals surface area contributed by atoms with Gasteiger partial charge in [0.25, 0.3) is 0 Å². The fraction of sp³-hybridized carbons (Fsp3) is 0.333. The zero-order valence-electron chi connectivity index (χ0n) is 9.83. The molecule has 0 radical (unpaired) electrons. The van der Waals surface area contributed by atoms with E-state index in [1.165, 1.54) is 5.56 Å². The van der Waals surface area contributed by atoms with E-state index < -0.39 is 0 Å². The van der Waals surface area contributed by atoms with Gasteiger partial charge in [-0.05, 0) is 49.3 Å². The number of aryl methyl sites for hydroxylation is 1. The number of nitrogens with one attached hydrogen (secondary N) is 1. The van der Waals surface area contributed by atoms with Crippen LogP contribution in [-0.2, 0) is 6.54 Å². The molecule has 17 heavy (non-hydrogen) atoms. The number of aromatic amines is 1. The third kappa shape index (κ3) is 2.66. The van der Waals surface area contributed by atoms with E-state index in [1.807, 2.05) is 4.57 Å². The Morgan fingerprint density at radius 2 is 2.18 bits per heavy atom. The van der Waals surface area contributed by atoms with Gasteiger partial charge in [0.1, 0.15) is 0 Å². The molecule has 3 nitrogen and oxygen atoms in total. The second-order valence-corrected chi connectivity index (χ2v) is 5.32. The first kappa shape index (κ1) is 12.5. The minimum Gasteiger partial charge on any atom is -0.300 e. The molecule has 90 valence electrons. The van der Waals surface area contributed by atoms with Crippen molar-refractivity contribution in [1.29, 1.82) is 0 Å². The minimum atomic E-state index is 0.680. The van der Waals surface area contributed by atoms with Crippen LogP contribution in [0.25, 0.3) is 11.4 Å². The van der Waals surface area contributed by atoms with Crippen LogP contribution in [0.15, 0.2) is 22.7 Å². The van der Waals surface area contributed by atoms with Gasteiger partial charge >= 0.3 is 0 Å². The highest BCUT2D eigenvalue weighted by molar-refractivity contribution is 9.10.